The van der Waals surface area contributed by atoms with Crippen LogP contribution >= 0.6 is 27.5 Å². The number of hydrogen-bond acceptors (Lipinski definition) is 2. The number of likely N-dealkylation sites (N-methyl/N-ethyl adjacent to an activating group) is 1. The molecule has 5 nitrogen and oxygen atoms in total. The number of rotatable bonds is 4. The number of nitrogens with one attached hydrogen (secondary N) is 1. The lowest BCUT2D eigenvalue weighted by atomic mass is 10.3. The molecule has 1 aromatic carbocycles. The third kappa shape index (κ3) is 4.19. The molecule has 0 aliphatic rings. The van der Waals surface area contributed by atoms with E-state index in [-0.39, 0.29) is 6.54 Å². The van der Waals surface area contributed by atoms with Crippen molar-refractivity contribution >= 4 is 45.2 Å². The zero-order chi connectivity index (χ0) is 13.7. The van der Waals surface area contributed by atoms with Gasteiger partial charge in [0.25, 0.3) is 0 Å². The molecule has 0 aromatic heterocycles. The minimum atomic E-state index is -1.05. The number of carboxylic acids is 1. The number of carbonyl (C=O) groups excluding carboxylic acids is 1. The predicted octanol–water partition coefficient (Wildman–Crippen LogP) is 3.04. The molecule has 0 atom stereocenters. The molecular weight excluding hydrogens is 323 g/mol. The largest absolute Gasteiger partial charge is 0.480 e. The van der Waals surface area contributed by atoms with Crippen molar-refractivity contribution in [2.24, 2.45) is 0 Å². The van der Waals surface area contributed by atoms with Crippen LogP contribution in [0.4, 0.5) is 10.5 Å². The second-order valence-electron chi connectivity index (χ2n) is 3.47. The minimum Gasteiger partial charge on any atom is -0.480 e. The lowest BCUT2D eigenvalue weighted by Crippen LogP contribution is -2.38. The van der Waals surface area contributed by atoms with Crippen molar-refractivity contribution in [2.45, 2.75) is 6.92 Å². The van der Waals surface area contributed by atoms with Gasteiger partial charge in [-0.05, 0) is 41.1 Å². The van der Waals surface area contributed by atoms with Gasteiger partial charge in [-0.1, -0.05) is 11.6 Å². The Labute approximate surface area is 118 Å². The fourth-order valence-electron chi connectivity index (χ4n) is 1.27. The third-order valence-corrected chi connectivity index (χ3v) is 3.40. The van der Waals surface area contributed by atoms with Crippen molar-refractivity contribution in [1.29, 1.82) is 0 Å². The van der Waals surface area contributed by atoms with E-state index in [2.05, 4.69) is 21.2 Å². The molecule has 0 aliphatic heterocycles. The van der Waals surface area contributed by atoms with Crippen LogP contribution in [-0.2, 0) is 4.79 Å². The Hall–Kier alpha value is -1.27. The Balaban J connectivity index is 2.73. The summed E-state index contributed by atoms with van der Waals surface area (Å²) in [6.07, 6.45) is 0. The fourth-order valence-corrected chi connectivity index (χ4v) is 1.69. The highest BCUT2D eigenvalue weighted by molar-refractivity contribution is 9.10. The second-order valence-corrected chi connectivity index (χ2v) is 4.73. The first-order valence-corrected chi connectivity index (χ1v) is 6.34. The molecule has 0 aliphatic carbocycles. The number of aliphatic carboxylic acids is 1. The Morgan fingerprint density at radius 3 is 2.67 bits per heavy atom. The molecule has 0 heterocycles. The van der Waals surface area contributed by atoms with E-state index in [1.54, 1.807) is 25.1 Å². The van der Waals surface area contributed by atoms with Gasteiger partial charge in [0.15, 0.2) is 0 Å². The number of nitrogens with zero attached hydrogens (tertiary/aromatic N) is 1. The molecule has 0 unspecified atom stereocenters. The first-order valence-electron chi connectivity index (χ1n) is 5.16. The minimum absolute atomic E-state index is 0.308. The van der Waals surface area contributed by atoms with Crippen LogP contribution in [0.1, 0.15) is 6.92 Å². The third-order valence-electron chi connectivity index (χ3n) is 2.17. The molecule has 0 spiro atoms. The summed E-state index contributed by atoms with van der Waals surface area (Å²) in [6, 6.07) is 4.48. The number of urea groups is 1. The molecule has 1 rings (SSSR count). The van der Waals surface area contributed by atoms with Crippen LogP contribution < -0.4 is 5.32 Å². The van der Waals surface area contributed by atoms with Crippen LogP contribution in [-0.4, -0.2) is 35.1 Å². The molecule has 0 fully saturated rings. The highest BCUT2D eigenvalue weighted by atomic mass is 79.9. The van der Waals surface area contributed by atoms with Crippen molar-refractivity contribution in [3.05, 3.63) is 27.7 Å². The Bertz CT molecular complexity index is 468. The van der Waals surface area contributed by atoms with Crippen LogP contribution in [0.15, 0.2) is 22.7 Å². The van der Waals surface area contributed by atoms with Gasteiger partial charge in [0.05, 0.1) is 5.02 Å². The Kier molecular flexibility index (Phi) is 5.43. The monoisotopic (exact) mass is 334 g/mol. The van der Waals surface area contributed by atoms with Gasteiger partial charge in [-0.25, -0.2) is 4.79 Å². The molecule has 18 heavy (non-hydrogen) atoms. The van der Waals surface area contributed by atoms with Gasteiger partial charge in [-0.3, -0.25) is 4.79 Å². The normalized spacial score (nSPS) is 9.94. The van der Waals surface area contributed by atoms with E-state index in [1.807, 2.05) is 0 Å². The summed E-state index contributed by atoms with van der Waals surface area (Å²) < 4.78 is 0.722. The summed E-state index contributed by atoms with van der Waals surface area (Å²) in [5.41, 5.74) is 0.511. The van der Waals surface area contributed by atoms with E-state index in [9.17, 15) is 9.59 Å². The summed E-state index contributed by atoms with van der Waals surface area (Å²) in [5.74, 6) is -1.05. The number of amides is 2. The summed E-state index contributed by atoms with van der Waals surface area (Å²) >= 11 is 9.13. The molecule has 2 amide bonds. The van der Waals surface area contributed by atoms with E-state index in [1.165, 1.54) is 4.90 Å². The SMILES string of the molecule is CCN(CC(=O)O)C(=O)Nc1ccc(Br)c(Cl)c1. The van der Waals surface area contributed by atoms with Crippen LogP contribution in [0.25, 0.3) is 0 Å². The van der Waals surface area contributed by atoms with Crippen LogP contribution in [0.3, 0.4) is 0 Å². The summed E-state index contributed by atoms with van der Waals surface area (Å²) in [4.78, 5) is 23.5. The number of benzene rings is 1. The van der Waals surface area contributed by atoms with Crippen molar-refractivity contribution in [2.75, 3.05) is 18.4 Å². The van der Waals surface area contributed by atoms with Gasteiger partial charge in [0, 0.05) is 16.7 Å². The fraction of sp³-hybridized carbons (Fsp3) is 0.273. The molecule has 98 valence electrons. The number of anilines is 1. The first kappa shape index (κ1) is 14.8. The molecule has 0 saturated heterocycles. The maximum absolute atomic E-state index is 11.8. The molecular formula is C11H12BrClN2O3. The number of carbonyl (C=O) groups is 2. The van der Waals surface area contributed by atoms with Crippen molar-refractivity contribution in [3.63, 3.8) is 0 Å². The molecule has 0 bridgehead atoms. The van der Waals surface area contributed by atoms with Gasteiger partial charge in [0.1, 0.15) is 6.54 Å². The smallest absolute Gasteiger partial charge is 0.323 e. The maximum atomic E-state index is 11.8. The summed E-state index contributed by atoms with van der Waals surface area (Å²) in [7, 11) is 0. The number of halogens is 2. The molecule has 7 heteroatoms. The molecule has 0 radical (unpaired) electrons. The maximum Gasteiger partial charge on any atom is 0.323 e. The lowest BCUT2D eigenvalue weighted by Gasteiger charge is -2.19. The zero-order valence-corrected chi connectivity index (χ0v) is 12.0. The average Bonchev–Trinajstić information content (AvgIpc) is 2.30. The van der Waals surface area contributed by atoms with E-state index in [0.717, 1.165) is 4.47 Å². The number of hydrogen-bond donors (Lipinski definition) is 2. The first-order chi connectivity index (χ1) is 8.43. The average molecular weight is 336 g/mol. The van der Waals surface area contributed by atoms with E-state index < -0.39 is 12.0 Å². The molecule has 2 N–H and O–H groups in total. The highest BCUT2D eigenvalue weighted by Crippen LogP contribution is 2.25. The van der Waals surface area contributed by atoms with Crippen LogP contribution in [0, 0.1) is 0 Å². The second kappa shape index (κ2) is 6.61. The zero-order valence-electron chi connectivity index (χ0n) is 9.61. The molecule has 1 aromatic rings. The van der Waals surface area contributed by atoms with Gasteiger partial charge in [-0.2, -0.15) is 0 Å². The topological polar surface area (TPSA) is 69.6 Å². The molecule has 0 saturated carbocycles. The van der Waals surface area contributed by atoms with Crippen molar-refractivity contribution < 1.29 is 14.7 Å². The van der Waals surface area contributed by atoms with Gasteiger partial charge >= 0.3 is 12.0 Å². The summed E-state index contributed by atoms with van der Waals surface area (Å²) in [6.45, 7) is 1.67. The van der Waals surface area contributed by atoms with Crippen molar-refractivity contribution in [3.8, 4) is 0 Å². The van der Waals surface area contributed by atoms with E-state index >= 15 is 0 Å². The van der Waals surface area contributed by atoms with E-state index in [4.69, 9.17) is 16.7 Å². The Morgan fingerprint density at radius 2 is 2.17 bits per heavy atom. The lowest BCUT2D eigenvalue weighted by molar-refractivity contribution is -0.137. The van der Waals surface area contributed by atoms with Gasteiger partial charge in [0.2, 0.25) is 0 Å². The van der Waals surface area contributed by atoms with E-state index in [0.29, 0.717) is 17.3 Å². The highest BCUT2D eigenvalue weighted by Gasteiger charge is 2.15. The van der Waals surface area contributed by atoms with Crippen LogP contribution in [0.2, 0.25) is 5.02 Å². The van der Waals surface area contributed by atoms with Gasteiger partial charge < -0.3 is 15.3 Å². The quantitative estimate of drug-likeness (QED) is 0.888. The Morgan fingerprint density at radius 1 is 1.50 bits per heavy atom. The van der Waals surface area contributed by atoms with Crippen molar-refractivity contribution in [1.82, 2.24) is 4.90 Å². The predicted molar refractivity (Wildman–Crippen MR) is 73.1 cm³/mol. The van der Waals surface area contributed by atoms with Crippen LogP contribution in [0.5, 0.6) is 0 Å². The standard InChI is InChI=1S/C11H12BrClN2O3/c1-2-15(6-10(16)17)11(18)14-7-3-4-8(12)9(13)5-7/h3-5H,2,6H2,1H3,(H,14,18)(H,16,17). The van der Waals surface area contributed by atoms with Gasteiger partial charge in [-0.15, -0.1) is 0 Å². The number of carboxylic acid groups (broad SMARTS) is 1. The summed E-state index contributed by atoms with van der Waals surface area (Å²) in [5, 5.41) is 11.7.